The van der Waals surface area contributed by atoms with Crippen molar-refractivity contribution in [2.45, 2.75) is 26.3 Å². The molecule has 3 N–H and O–H groups in total. The van der Waals surface area contributed by atoms with E-state index < -0.39 is 23.8 Å². The van der Waals surface area contributed by atoms with Crippen LogP contribution in [0.1, 0.15) is 30.8 Å². The summed E-state index contributed by atoms with van der Waals surface area (Å²) in [4.78, 5) is 38.3. The summed E-state index contributed by atoms with van der Waals surface area (Å²) >= 11 is 5.66. The van der Waals surface area contributed by atoms with Crippen molar-refractivity contribution < 1.29 is 19.5 Å². The molecule has 0 fully saturated rings. The molecule has 0 bridgehead atoms. The van der Waals surface area contributed by atoms with Gasteiger partial charge in [0.15, 0.2) is 0 Å². The molecule has 2 amide bonds. The van der Waals surface area contributed by atoms with E-state index >= 15 is 0 Å². The zero-order valence-electron chi connectivity index (χ0n) is 12.3. The Hall–Kier alpha value is -2.15. The zero-order chi connectivity index (χ0) is 16.7. The predicted molar refractivity (Wildman–Crippen MR) is 80.6 cm³/mol. The SMILES string of the molecule is CC(C)C[C@H](NC(=O)CNC(=O)c1ccc(Cl)cn1)C(=O)O. The van der Waals surface area contributed by atoms with E-state index in [0.717, 1.165) is 0 Å². The molecule has 8 heteroatoms. The topological polar surface area (TPSA) is 108 Å². The fourth-order valence-corrected chi connectivity index (χ4v) is 1.81. The molecular weight excluding hydrogens is 310 g/mol. The van der Waals surface area contributed by atoms with Gasteiger partial charge in [0.25, 0.3) is 5.91 Å². The minimum absolute atomic E-state index is 0.120. The van der Waals surface area contributed by atoms with Gasteiger partial charge < -0.3 is 15.7 Å². The van der Waals surface area contributed by atoms with Gasteiger partial charge in [-0.05, 0) is 24.5 Å². The van der Waals surface area contributed by atoms with Crippen molar-refractivity contribution in [3.8, 4) is 0 Å². The number of hydrogen-bond donors (Lipinski definition) is 3. The number of carboxylic acid groups (broad SMARTS) is 1. The molecule has 0 aromatic carbocycles. The Labute approximate surface area is 133 Å². The van der Waals surface area contributed by atoms with Crippen LogP contribution in [-0.4, -0.2) is 40.5 Å². The van der Waals surface area contributed by atoms with Gasteiger partial charge in [-0.1, -0.05) is 25.4 Å². The fourth-order valence-electron chi connectivity index (χ4n) is 1.70. The molecule has 0 saturated heterocycles. The maximum absolute atomic E-state index is 11.7. The summed E-state index contributed by atoms with van der Waals surface area (Å²) in [6, 6.07) is 1.96. The molecule has 0 saturated carbocycles. The average molecular weight is 328 g/mol. The van der Waals surface area contributed by atoms with Crippen LogP contribution in [0.15, 0.2) is 18.3 Å². The normalized spacial score (nSPS) is 11.8. The van der Waals surface area contributed by atoms with Crippen molar-refractivity contribution in [1.29, 1.82) is 0 Å². The van der Waals surface area contributed by atoms with E-state index in [1.165, 1.54) is 18.3 Å². The highest BCUT2D eigenvalue weighted by Gasteiger charge is 2.21. The van der Waals surface area contributed by atoms with Gasteiger partial charge in [0, 0.05) is 6.20 Å². The van der Waals surface area contributed by atoms with Gasteiger partial charge in [0.1, 0.15) is 11.7 Å². The van der Waals surface area contributed by atoms with Crippen molar-refractivity contribution in [2.24, 2.45) is 5.92 Å². The molecule has 0 aliphatic heterocycles. The van der Waals surface area contributed by atoms with Crippen molar-refractivity contribution in [1.82, 2.24) is 15.6 Å². The average Bonchev–Trinajstić information content (AvgIpc) is 2.44. The highest BCUT2D eigenvalue weighted by molar-refractivity contribution is 6.30. The van der Waals surface area contributed by atoms with Gasteiger partial charge in [0.05, 0.1) is 11.6 Å². The Balaban J connectivity index is 2.49. The van der Waals surface area contributed by atoms with E-state index in [9.17, 15) is 14.4 Å². The van der Waals surface area contributed by atoms with Crippen molar-refractivity contribution in [3.63, 3.8) is 0 Å². The van der Waals surface area contributed by atoms with Gasteiger partial charge in [-0.2, -0.15) is 0 Å². The lowest BCUT2D eigenvalue weighted by Gasteiger charge is -2.16. The number of halogens is 1. The number of aliphatic carboxylic acids is 1. The smallest absolute Gasteiger partial charge is 0.326 e. The highest BCUT2D eigenvalue weighted by Crippen LogP contribution is 2.06. The summed E-state index contributed by atoms with van der Waals surface area (Å²) in [6.45, 7) is 3.39. The van der Waals surface area contributed by atoms with Gasteiger partial charge in [0.2, 0.25) is 5.91 Å². The number of carbonyl (C=O) groups is 3. The van der Waals surface area contributed by atoms with Gasteiger partial charge in [-0.3, -0.25) is 9.59 Å². The first kappa shape index (κ1) is 17.9. The minimum Gasteiger partial charge on any atom is -0.480 e. The number of pyridine rings is 1. The summed E-state index contributed by atoms with van der Waals surface area (Å²) in [7, 11) is 0. The molecule has 1 rings (SSSR count). The second-order valence-corrected chi connectivity index (χ2v) is 5.57. The van der Waals surface area contributed by atoms with E-state index in [-0.39, 0.29) is 18.2 Å². The predicted octanol–water partition coefficient (Wildman–Crippen LogP) is 1.08. The second-order valence-electron chi connectivity index (χ2n) is 5.13. The third kappa shape index (κ3) is 6.09. The summed E-state index contributed by atoms with van der Waals surface area (Å²) in [6.07, 6.45) is 1.63. The summed E-state index contributed by atoms with van der Waals surface area (Å²) in [5, 5.41) is 14.2. The van der Waals surface area contributed by atoms with Crippen LogP contribution in [0.3, 0.4) is 0 Å². The number of nitrogens with zero attached hydrogens (tertiary/aromatic N) is 1. The molecule has 1 aromatic heterocycles. The molecule has 0 unspecified atom stereocenters. The maximum atomic E-state index is 11.7. The van der Waals surface area contributed by atoms with Gasteiger partial charge >= 0.3 is 5.97 Å². The van der Waals surface area contributed by atoms with Crippen LogP contribution in [-0.2, 0) is 9.59 Å². The molecule has 1 aromatic rings. The first-order chi connectivity index (χ1) is 10.3. The summed E-state index contributed by atoms with van der Waals surface area (Å²) < 4.78 is 0. The Morgan fingerprint density at radius 1 is 1.32 bits per heavy atom. The van der Waals surface area contributed by atoms with Crippen molar-refractivity contribution in [2.75, 3.05) is 6.54 Å². The third-order valence-corrected chi connectivity index (χ3v) is 2.93. The van der Waals surface area contributed by atoms with Gasteiger partial charge in [-0.25, -0.2) is 9.78 Å². The van der Waals surface area contributed by atoms with E-state index in [4.69, 9.17) is 16.7 Å². The van der Waals surface area contributed by atoms with E-state index in [0.29, 0.717) is 11.4 Å². The van der Waals surface area contributed by atoms with E-state index in [1.807, 2.05) is 13.8 Å². The Morgan fingerprint density at radius 3 is 2.50 bits per heavy atom. The Kier molecular flexibility index (Phi) is 6.78. The number of aromatic nitrogens is 1. The monoisotopic (exact) mass is 327 g/mol. The quantitative estimate of drug-likeness (QED) is 0.694. The van der Waals surface area contributed by atoms with Crippen LogP contribution in [0.25, 0.3) is 0 Å². The molecule has 22 heavy (non-hydrogen) atoms. The van der Waals surface area contributed by atoms with Gasteiger partial charge in [-0.15, -0.1) is 0 Å². The molecular formula is C14H18ClN3O4. The van der Waals surface area contributed by atoms with E-state index in [1.54, 1.807) is 0 Å². The molecule has 0 aliphatic carbocycles. The molecule has 1 heterocycles. The zero-order valence-corrected chi connectivity index (χ0v) is 13.1. The highest BCUT2D eigenvalue weighted by atomic mass is 35.5. The first-order valence-electron chi connectivity index (χ1n) is 6.71. The number of hydrogen-bond acceptors (Lipinski definition) is 4. The molecule has 7 nitrogen and oxygen atoms in total. The van der Waals surface area contributed by atoms with Crippen LogP contribution in [0.5, 0.6) is 0 Å². The van der Waals surface area contributed by atoms with Crippen LogP contribution in [0, 0.1) is 5.92 Å². The lowest BCUT2D eigenvalue weighted by atomic mass is 10.0. The van der Waals surface area contributed by atoms with E-state index in [2.05, 4.69) is 15.6 Å². The maximum Gasteiger partial charge on any atom is 0.326 e. The Morgan fingerprint density at radius 2 is 2.00 bits per heavy atom. The summed E-state index contributed by atoms with van der Waals surface area (Å²) in [5.74, 6) is -2.10. The first-order valence-corrected chi connectivity index (χ1v) is 7.09. The Bertz CT molecular complexity index is 546. The number of nitrogens with one attached hydrogen (secondary N) is 2. The number of amides is 2. The lowest BCUT2D eigenvalue weighted by molar-refractivity contribution is -0.142. The van der Waals surface area contributed by atoms with Crippen LogP contribution in [0.2, 0.25) is 5.02 Å². The second kappa shape index (κ2) is 8.33. The van der Waals surface area contributed by atoms with Crippen molar-refractivity contribution in [3.05, 3.63) is 29.0 Å². The van der Waals surface area contributed by atoms with Crippen LogP contribution < -0.4 is 10.6 Å². The fraction of sp³-hybridized carbons (Fsp3) is 0.429. The summed E-state index contributed by atoms with van der Waals surface area (Å²) in [5.41, 5.74) is 0.120. The number of rotatable bonds is 7. The molecule has 0 aliphatic rings. The number of carbonyl (C=O) groups excluding carboxylic acids is 2. The third-order valence-electron chi connectivity index (χ3n) is 2.71. The lowest BCUT2D eigenvalue weighted by Crippen LogP contribution is -2.46. The van der Waals surface area contributed by atoms with Crippen LogP contribution in [0.4, 0.5) is 0 Å². The number of carboxylic acids is 1. The van der Waals surface area contributed by atoms with Crippen LogP contribution >= 0.6 is 11.6 Å². The molecule has 0 spiro atoms. The standard InChI is InChI=1S/C14H18ClN3O4/c1-8(2)5-11(14(21)22)18-12(19)7-17-13(20)10-4-3-9(15)6-16-10/h3-4,6,8,11H,5,7H2,1-2H3,(H,17,20)(H,18,19)(H,21,22)/t11-/m0/s1. The minimum atomic E-state index is -1.10. The largest absolute Gasteiger partial charge is 0.480 e. The molecule has 120 valence electrons. The molecule has 0 radical (unpaired) electrons. The molecule has 1 atom stereocenters. The van der Waals surface area contributed by atoms with Crippen molar-refractivity contribution >= 4 is 29.4 Å².